The smallest absolute Gasteiger partial charge is 0.187 e. The summed E-state index contributed by atoms with van der Waals surface area (Å²) in [6, 6.07) is 24.0. The minimum atomic E-state index is -0.698. The van der Waals surface area contributed by atoms with Crippen LogP contribution >= 0.6 is 0 Å². The van der Waals surface area contributed by atoms with Gasteiger partial charge < -0.3 is 4.42 Å². The molecule has 0 amide bonds. The summed E-state index contributed by atoms with van der Waals surface area (Å²) in [5, 5.41) is 10.5. The maximum Gasteiger partial charge on any atom is 0.187 e. The third-order valence-corrected chi connectivity index (χ3v) is 5.66. The van der Waals surface area contributed by atoms with Crippen molar-refractivity contribution >= 4 is 33.1 Å². The Morgan fingerprint density at radius 3 is 2.65 bits per heavy atom. The zero-order valence-corrected chi connectivity index (χ0v) is 17.2. The molecule has 0 aliphatic rings. The summed E-state index contributed by atoms with van der Waals surface area (Å²) in [5.74, 6) is 0.0491. The lowest BCUT2D eigenvalue weighted by Gasteiger charge is -2.08. The summed E-state index contributed by atoms with van der Waals surface area (Å²) in [5.41, 5.74) is 5.75. The van der Waals surface area contributed by atoms with E-state index in [0.29, 0.717) is 5.65 Å². The van der Waals surface area contributed by atoms with Gasteiger partial charge in [-0.2, -0.15) is 5.10 Å². The molecule has 0 radical (unpaired) electrons. The number of aromatic nitrogens is 4. The highest BCUT2D eigenvalue weighted by atomic mass is 16.3. The number of hydrogen-bond donors (Lipinski definition) is 0. The van der Waals surface area contributed by atoms with Crippen molar-refractivity contribution in [3.63, 3.8) is 0 Å². The zero-order chi connectivity index (χ0) is 21.9. The van der Waals surface area contributed by atoms with Gasteiger partial charge in [0.15, 0.2) is 11.5 Å². The molecule has 150 valence electrons. The van der Waals surface area contributed by atoms with E-state index in [9.17, 15) is 0 Å². The molecule has 6 aromatic rings. The summed E-state index contributed by atoms with van der Waals surface area (Å²) >= 11 is 0. The van der Waals surface area contributed by atoms with E-state index in [4.69, 9.17) is 10.8 Å². The van der Waals surface area contributed by atoms with Crippen LogP contribution in [0.2, 0.25) is 0 Å². The van der Waals surface area contributed by atoms with E-state index in [-0.39, 0.29) is 0 Å². The molecule has 0 aliphatic heterocycles. The second kappa shape index (κ2) is 6.77. The highest BCUT2D eigenvalue weighted by Crippen LogP contribution is 2.38. The summed E-state index contributed by atoms with van der Waals surface area (Å²) < 4.78 is 16.8. The van der Waals surface area contributed by atoms with Crippen molar-refractivity contribution in [3.8, 4) is 17.1 Å². The van der Waals surface area contributed by atoms with Crippen molar-refractivity contribution < 1.29 is 5.79 Å². The normalized spacial score (nSPS) is 12.6. The van der Waals surface area contributed by atoms with E-state index < -0.39 is 5.89 Å². The van der Waals surface area contributed by atoms with Crippen LogP contribution in [0.4, 0.5) is 0 Å². The topological polar surface area (TPSA) is 56.7 Å². The van der Waals surface area contributed by atoms with Crippen LogP contribution in [0.15, 0.2) is 83.4 Å². The summed E-state index contributed by atoms with van der Waals surface area (Å²) in [6.45, 7) is 3.76. The Bertz CT molecular complexity index is 1610. The van der Waals surface area contributed by atoms with Gasteiger partial charge in [0.25, 0.3) is 0 Å². The lowest BCUT2D eigenvalue weighted by molar-refractivity contribution is 0.667. The molecule has 3 aromatic carbocycles. The van der Waals surface area contributed by atoms with E-state index in [0.717, 1.165) is 50.1 Å². The lowest BCUT2D eigenvalue weighted by atomic mass is 10.0. The number of para-hydroxylation sites is 2. The van der Waals surface area contributed by atoms with Crippen LogP contribution in [0.1, 0.15) is 26.7 Å². The van der Waals surface area contributed by atoms with E-state index >= 15 is 0 Å². The monoisotopic (exact) mass is 405 g/mol. The van der Waals surface area contributed by atoms with Crippen LogP contribution in [0.5, 0.6) is 0 Å². The molecular weight excluding hydrogens is 384 g/mol. The van der Waals surface area contributed by atoms with Crippen LogP contribution in [-0.2, 0) is 0 Å². The number of nitrogens with zero attached hydrogens (tertiary/aromatic N) is 4. The number of fused-ring (bicyclic) bond motifs is 4. The van der Waals surface area contributed by atoms with E-state index in [1.165, 1.54) is 0 Å². The third kappa shape index (κ3) is 2.74. The lowest BCUT2D eigenvalue weighted by Crippen LogP contribution is -1.99. The van der Waals surface area contributed by atoms with Crippen molar-refractivity contribution in [2.24, 2.45) is 0 Å². The van der Waals surface area contributed by atoms with Crippen molar-refractivity contribution in [2.75, 3.05) is 0 Å². The van der Waals surface area contributed by atoms with Gasteiger partial charge in [0.05, 0.1) is 11.8 Å². The Labute approximate surface area is 180 Å². The average molecular weight is 405 g/mol. The summed E-state index contributed by atoms with van der Waals surface area (Å²) in [4.78, 5) is 4.91. The number of furan rings is 1. The van der Waals surface area contributed by atoms with Gasteiger partial charge in [0.2, 0.25) is 0 Å². The highest BCUT2D eigenvalue weighted by Gasteiger charge is 2.20. The van der Waals surface area contributed by atoms with E-state index in [2.05, 4.69) is 16.3 Å². The second-order valence-corrected chi connectivity index (χ2v) is 7.84. The van der Waals surface area contributed by atoms with E-state index in [1.807, 2.05) is 85.1 Å². The molecule has 0 spiro atoms. The third-order valence-electron chi connectivity index (χ3n) is 5.66. The van der Waals surface area contributed by atoms with Gasteiger partial charge in [0, 0.05) is 17.8 Å². The van der Waals surface area contributed by atoms with Crippen LogP contribution < -0.4 is 0 Å². The molecule has 0 atom stereocenters. The largest absolute Gasteiger partial charge is 0.455 e. The first-order valence-electron chi connectivity index (χ1n) is 10.7. The number of imidazole rings is 1. The highest BCUT2D eigenvalue weighted by molar-refractivity contribution is 6.09. The van der Waals surface area contributed by atoms with Crippen molar-refractivity contribution in [1.82, 2.24) is 19.7 Å². The average Bonchev–Trinajstić information content (AvgIpc) is 3.37. The van der Waals surface area contributed by atoms with Crippen LogP contribution in [-0.4, -0.2) is 19.7 Å². The van der Waals surface area contributed by atoms with Crippen molar-refractivity contribution in [3.05, 3.63) is 84.6 Å². The quantitative estimate of drug-likeness (QED) is 0.337. The Hall–Kier alpha value is -3.99. The predicted molar refractivity (Wildman–Crippen MR) is 123 cm³/mol. The van der Waals surface area contributed by atoms with Gasteiger partial charge in [-0.1, -0.05) is 56.3 Å². The molecule has 3 aromatic heterocycles. The fourth-order valence-electron chi connectivity index (χ4n) is 4.12. The Balaban J connectivity index is 1.67. The molecule has 5 nitrogen and oxygen atoms in total. The molecule has 0 fully saturated rings. The molecule has 0 N–H and O–H groups in total. The van der Waals surface area contributed by atoms with Gasteiger partial charge in [-0.25, -0.2) is 4.98 Å². The molecule has 0 bridgehead atoms. The number of benzene rings is 3. The van der Waals surface area contributed by atoms with Crippen LogP contribution in [0, 0.1) is 0 Å². The molecule has 0 saturated carbocycles. The number of rotatable bonds is 3. The molecule has 5 heteroatoms. The molecule has 0 unspecified atom stereocenters. The fourth-order valence-corrected chi connectivity index (χ4v) is 4.12. The van der Waals surface area contributed by atoms with Crippen molar-refractivity contribution in [1.29, 1.82) is 0 Å². The standard InChI is InChI=1S/C26H20N4O/c1-16(2)17-11-12-19-20-9-6-10-21(24(20)31-23(19)15-17)25-28-22-13-14-27-29-26(22)30(25)18-7-4-3-5-8-18/h3-16H,1-2H3/i16D. The Kier molecular flexibility index (Phi) is 3.66. The van der Waals surface area contributed by atoms with Gasteiger partial charge in [-0.05, 0) is 41.8 Å². The van der Waals surface area contributed by atoms with Crippen LogP contribution in [0.3, 0.4) is 0 Å². The van der Waals surface area contributed by atoms with E-state index in [1.54, 1.807) is 6.20 Å². The maximum absolute atomic E-state index is 8.38. The first kappa shape index (κ1) is 16.8. The predicted octanol–water partition coefficient (Wildman–Crippen LogP) is 6.51. The van der Waals surface area contributed by atoms with Gasteiger partial charge in [-0.15, -0.1) is 5.10 Å². The summed E-state index contributed by atoms with van der Waals surface area (Å²) in [7, 11) is 0. The Morgan fingerprint density at radius 1 is 0.935 bits per heavy atom. The molecule has 31 heavy (non-hydrogen) atoms. The van der Waals surface area contributed by atoms with Gasteiger partial charge >= 0.3 is 0 Å². The second-order valence-electron chi connectivity index (χ2n) is 7.84. The molecular formula is C26H20N4O. The first-order chi connectivity index (χ1) is 15.5. The molecule has 3 heterocycles. The zero-order valence-electron chi connectivity index (χ0n) is 18.2. The summed E-state index contributed by atoms with van der Waals surface area (Å²) in [6.07, 6.45) is 1.65. The van der Waals surface area contributed by atoms with Crippen LogP contribution in [0.25, 0.3) is 50.2 Å². The van der Waals surface area contributed by atoms with Gasteiger partial charge in [-0.3, -0.25) is 4.57 Å². The molecule has 0 saturated heterocycles. The van der Waals surface area contributed by atoms with Crippen molar-refractivity contribution in [2.45, 2.75) is 19.7 Å². The molecule has 0 aliphatic carbocycles. The minimum absolute atomic E-state index is 0.694. The minimum Gasteiger partial charge on any atom is -0.455 e. The SMILES string of the molecule is [2H]C(C)(C)c1ccc2c(c1)oc1c(-c3nc4ccnnc4n3-c3ccccc3)cccc12. The Morgan fingerprint density at radius 2 is 1.81 bits per heavy atom. The fraction of sp³-hybridized carbons (Fsp3) is 0.115. The molecule has 6 rings (SSSR count). The number of hydrogen-bond acceptors (Lipinski definition) is 4. The maximum atomic E-state index is 8.38. The van der Waals surface area contributed by atoms with Gasteiger partial charge in [0.1, 0.15) is 16.7 Å². The first-order valence-corrected chi connectivity index (χ1v) is 10.2.